The van der Waals surface area contributed by atoms with Gasteiger partial charge in [-0.15, -0.1) is 0 Å². The first-order chi connectivity index (χ1) is 8.65. The van der Waals surface area contributed by atoms with Crippen molar-refractivity contribution in [1.29, 1.82) is 0 Å². The lowest BCUT2D eigenvalue weighted by atomic mass is 9.99. The monoisotopic (exact) mass is 313 g/mol. The second-order valence-corrected chi connectivity index (χ2v) is 5.73. The van der Waals surface area contributed by atoms with Crippen molar-refractivity contribution in [3.63, 3.8) is 0 Å². The van der Waals surface area contributed by atoms with Gasteiger partial charge < -0.3 is 15.2 Å². The maximum absolute atomic E-state index is 6.25. The number of benzene rings is 1. The molecule has 3 nitrogen and oxygen atoms in total. The largest absolute Gasteiger partial charge is 0.496 e. The molecule has 2 rings (SSSR count). The molecule has 0 bridgehead atoms. The third-order valence-corrected chi connectivity index (χ3v) is 4.09. The summed E-state index contributed by atoms with van der Waals surface area (Å²) in [5.74, 6) is 1.50. The highest BCUT2D eigenvalue weighted by Crippen LogP contribution is 2.36. The van der Waals surface area contributed by atoms with E-state index in [9.17, 15) is 0 Å². The molecule has 0 aromatic heterocycles. The maximum Gasteiger partial charge on any atom is 0.133 e. The summed E-state index contributed by atoms with van der Waals surface area (Å²) < 4.78 is 11.7. The number of hydrogen-bond acceptors (Lipinski definition) is 3. The summed E-state index contributed by atoms with van der Waals surface area (Å²) >= 11 is 3.50. The van der Waals surface area contributed by atoms with Gasteiger partial charge in [0.1, 0.15) is 5.75 Å². The molecule has 1 aromatic carbocycles. The first-order valence-electron chi connectivity index (χ1n) is 6.26. The number of hydrogen-bond donors (Lipinski definition) is 1. The van der Waals surface area contributed by atoms with E-state index in [0.717, 1.165) is 16.6 Å². The first kappa shape index (κ1) is 13.8. The summed E-state index contributed by atoms with van der Waals surface area (Å²) in [6, 6.07) is 6.15. The molecule has 0 spiro atoms. The highest BCUT2D eigenvalue weighted by atomic mass is 79.9. The number of methoxy groups -OCH3 is 2. The number of halogens is 1. The Morgan fingerprint density at radius 1 is 1.39 bits per heavy atom. The molecule has 18 heavy (non-hydrogen) atoms. The van der Waals surface area contributed by atoms with Crippen LogP contribution in [0.25, 0.3) is 0 Å². The molecule has 0 radical (unpaired) electrons. The molecule has 100 valence electrons. The molecule has 1 saturated carbocycles. The van der Waals surface area contributed by atoms with Crippen LogP contribution in [0.2, 0.25) is 0 Å². The van der Waals surface area contributed by atoms with Gasteiger partial charge in [-0.05, 0) is 58.8 Å². The van der Waals surface area contributed by atoms with Crippen molar-refractivity contribution in [3.8, 4) is 5.75 Å². The van der Waals surface area contributed by atoms with Crippen LogP contribution in [0.15, 0.2) is 22.7 Å². The average Bonchev–Trinajstić information content (AvgIpc) is 3.15. The van der Waals surface area contributed by atoms with E-state index in [1.54, 1.807) is 14.2 Å². The number of rotatable bonds is 6. The Bertz CT molecular complexity index is 407. The van der Waals surface area contributed by atoms with Gasteiger partial charge in [0.05, 0.1) is 17.7 Å². The van der Waals surface area contributed by atoms with Crippen LogP contribution in [-0.2, 0) is 11.2 Å². The lowest BCUT2D eigenvalue weighted by molar-refractivity contribution is 0.0626. The lowest BCUT2D eigenvalue weighted by Crippen LogP contribution is -2.39. The molecule has 1 fully saturated rings. The normalized spacial score (nSPS) is 18.4. The third kappa shape index (κ3) is 3.25. The molecule has 4 heteroatoms. The Kier molecular flexibility index (Phi) is 4.65. The van der Waals surface area contributed by atoms with E-state index >= 15 is 0 Å². The Morgan fingerprint density at radius 2 is 2.11 bits per heavy atom. The molecule has 0 amide bonds. The second kappa shape index (κ2) is 6.04. The van der Waals surface area contributed by atoms with Gasteiger partial charge >= 0.3 is 0 Å². The van der Waals surface area contributed by atoms with Crippen LogP contribution in [0, 0.1) is 5.92 Å². The Morgan fingerprint density at radius 3 is 2.61 bits per heavy atom. The molecular weight excluding hydrogens is 294 g/mol. The maximum atomic E-state index is 6.25. The summed E-state index contributed by atoms with van der Waals surface area (Å²) in [4.78, 5) is 0. The van der Waals surface area contributed by atoms with Crippen molar-refractivity contribution in [3.05, 3.63) is 28.2 Å². The van der Waals surface area contributed by atoms with Crippen LogP contribution < -0.4 is 10.5 Å². The van der Waals surface area contributed by atoms with E-state index in [1.165, 1.54) is 18.4 Å². The van der Waals surface area contributed by atoms with Crippen molar-refractivity contribution in [1.82, 2.24) is 0 Å². The summed E-state index contributed by atoms with van der Waals surface area (Å²) in [6.45, 7) is 0. The van der Waals surface area contributed by atoms with Gasteiger partial charge in [0.2, 0.25) is 0 Å². The van der Waals surface area contributed by atoms with E-state index in [2.05, 4.69) is 28.1 Å². The summed E-state index contributed by atoms with van der Waals surface area (Å²) in [6.07, 6.45) is 3.51. The van der Waals surface area contributed by atoms with Gasteiger partial charge in [-0.25, -0.2) is 0 Å². The molecule has 2 atom stereocenters. The lowest BCUT2D eigenvalue weighted by Gasteiger charge is -2.22. The zero-order chi connectivity index (χ0) is 13.1. The number of nitrogens with two attached hydrogens (primary N) is 1. The quantitative estimate of drug-likeness (QED) is 0.878. The second-order valence-electron chi connectivity index (χ2n) is 4.87. The van der Waals surface area contributed by atoms with Crippen molar-refractivity contribution >= 4 is 15.9 Å². The minimum Gasteiger partial charge on any atom is -0.496 e. The highest BCUT2D eigenvalue weighted by molar-refractivity contribution is 9.10. The van der Waals surface area contributed by atoms with Crippen molar-refractivity contribution in [2.45, 2.75) is 31.4 Å². The minimum absolute atomic E-state index is 0.0581. The van der Waals surface area contributed by atoms with Crippen LogP contribution in [-0.4, -0.2) is 26.4 Å². The van der Waals surface area contributed by atoms with Gasteiger partial charge in [0.15, 0.2) is 0 Å². The van der Waals surface area contributed by atoms with Gasteiger partial charge in [-0.2, -0.15) is 0 Å². The Balaban J connectivity index is 2.01. The van der Waals surface area contributed by atoms with Crippen LogP contribution >= 0.6 is 15.9 Å². The fraction of sp³-hybridized carbons (Fsp3) is 0.571. The van der Waals surface area contributed by atoms with Crippen LogP contribution in [0.5, 0.6) is 5.75 Å². The van der Waals surface area contributed by atoms with E-state index in [-0.39, 0.29) is 12.1 Å². The Labute approximate surface area is 117 Å². The van der Waals surface area contributed by atoms with Crippen LogP contribution in [0.1, 0.15) is 18.4 Å². The molecule has 0 saturated heterocycles. The zero-order valence-corrected chi connectivity index (χ0v) is 12.4. The summed E-state index contributed by atoms with van der Waals surface area (Å²) in [5.41, 5.74) is 7.46. The van der Waals surface area contributed by atoms with Gasteiger partial charge in [-0.1, -0.05) is 6.07 Å². The highest BCUT2D eigenvalue weighted by Gasteiger charge is 2.35. The molecule has 2 unspecified atom stereocenters. The first-order valence-corrected chi connectivity index (χ1v) is 7.05. The van der Waals surface area contributed by atoms with Crippen LogP contribution in [0.4, 0.5) is 0 Å². The zero-order valence-electron chi connectivity index (χ0n) is 10.9. The summed E-state index contributed by atoms with van der Waals surface area (Å²) in [5, 5.41) is 0. The van der Waals surface area contributed by atoms with Crippen LogP contribution in [0.3, 0.4) is 0 Å². The fourth-order valence-corrected chi connectivity index (χ4v) is 2.95. The third-order valence-electron chi connectivity index (χ3n) is 3.47. The predicted molar refractivity (Wildman–Crippen MR) is 75.9 cm³/mol. The van der Waals surface area contributed by atoms with E-state index in [1.807, 2.05) is 6.07 Å². The molecule has 1 aromatic rings. The molecular formula is C14H20BrNO2. The van der Waals surface area contributed by atoms with Gasteiger partial charge in [0, 0.05) is 13.2 Å². The smallest absolute Gasteiger partial charge is 0.133 e. The SMILES string of the molecule is COc1ccc(CC(N)C(OC)C2CC2)cc1Br. The van der Waals surface area contributed by atoms with E-state index in [4.69, 9.17) is 15.2 Å². The molecule has 1 aliphatic carbocycles. The number of ether oxygens (including phenoxy) is 2. The predicted octanol–water partition coefficient (Wildman–Crippen LogP) is 2.75. The fourth-order valence-electron chi connectivity index (χ4n) is 2.37. The topological polar surface area (TPSA) is 44.5 Å². The van der Waals surface area contributed by atoms with Gasteiger partial charge in [-0.3, -0.25) is 0 Å². The Hall–Kier alpha value is -0.580. The van der Waals surface area contributed by atoms with Gasteiger partial charge in [0.25, 0.3) is 0 Å². The van der Waals surface area contributed by atoms with E-state index in [0.29, 0.717) is 5.92 Å². The molecule has 1 aliphatic rings. The molecule has 0 aliphatic heterocycles. The van der Waals surface area contributed by atoms with Crippen molar-refractivity contribution in [2.24, 2.45) is 11.7 Å². The van der Waals surface area contributed by atoms with Crippen molar-refractivity contribution in [2.75, 3.05) is 14.2 Å². The standard InChI is InChI=1S/C14H20BrNO2/c1-17-13-6-3-9(7-11(13)15)8-12(16)14(18-2)10-4-5-10/h3,6-7,10,12,14H,4-5,8,16H2,1-2H3. The van der Waals surface area contributed by atoms with Crippen molar-refractivity contribution < 1.29 is 9.47 Å². The molecule has 0 heterocycles. The van der Waals surface area contributed by atoms with E-state index < -0.39 is 0 Å². The minimum atomic E-state index is 0.0581. The summed E-state index contributed by atoms with van der Waals surface area (Å²) in [7, 11) is 3.42. The average molecular weight is 314 g/mol. The molecule has 2 N–H and O–H groups in total.